The molecule has 0 spiro atoms. The normalized spacial score (nSPS) is 12.2. The summed E-state index contributed by atoms with van der Waals surface area (Å²) in [5, 5.41) is 0. The average Bonchev–Trinajstić information content (AvgIpc) is 2.43. The van der Waals surface area contributed by atoms with Crippen LogP contribution in [0.25, 0.3) is 0 Å². The van der Waals surface area contributed by atoms with E-state index in [-0.39, 0.29) is 6.04 Å². The first kappa shape index (κ1) is 13.6. The van der Waals surface area contributed by atoms with Crippen LogP contribution in [0.4, 0.5) is 0 Å². The van der Waals surface area contributed by atoms with Gasteiger partial charge in [0, 0.05) is 5.56 Å². The summed E-state index contributed by atoms with van der Waals surface area (Å²) in [6.07, 6.45) is 0. The van der Waals surface area contributed by atoms with Crippen molar-refractivity contribution in [3.05, 3.63) is 64.7 Å². The van der Waals surface area contributed by atoms with E-state index >= 15 is 0 Å². The molecule has 0 bridgehead atoms. The van der Waals surface area contributed by atoms with Gasteiger partial charge in [0.1, 0.15) is 5.75 Å². The Morgan fingerprint density at radius 2 is 1.63 bits per heavy atom. The zero-order valence-corrected chi connectivity index (χ0v) is 11.6. The molecule has 3 nitrogen and oxygen atoms in total. The largest absolute Gasteiger partial charge is 0.496 e. The molecule has 100 valence electrons. The lowest BCUT2D eigenvalue weighted by Gasteiger charge is -2.23. The van der Waals surface area contributed by atoms with E-state index in [2.05, 4.69) is 37.5 Å². The van der Waals surface area contributed by atoms with Crippen molar-refractivity contribution >= 4 is 0 Å². The van der Waals surface area contributed by atoms with Gasteiger partial charge in [-0.15, -0.1) is 0 Å². The molecule has 0 amide bonds. The summed E-state index contributed by atoms with van der Waals surface area (Å²) in [5.41, 5.74) is 7.59. The second-order valence-corrected chi connectivity index (χ2v) is 4.65. The van der Waals surface area contributed by atoms with E-state index in [1.54, 1.807) is 7.11 Å². The summed E-state index contributed by atoms with van der Waals surface area (Å²) in [6.45, 7) is 4.20. The van der Waals surface area contributed by atoms with E-state index in [9.17, 15) is 0 Å². The maximum atomic E-state index is 5.79. The molecule has 1 atom stereocenters. The van der Waals surface area contributed by atoms with Crippen molar-refractivity contribution in [3.8, 4) is 5.75 Å². The standard InChI is InChI=1S/C16H20N2O/c1-11-7-6-8-12(2)15(11)16(18-17)13-9-4-5-10-14(13)19-3/h4-10,16,18H,17H2,1-3H3. The van der Waals surface area contributed by atoms with Gasteiger partial charge in [-0.1, -0.05) is 36.4 Å². The van der Waals surface area contributed by atoms with Crippen LogP contribution in [-0.4, -0.2) is 7.11 Å². The fourth-order valence-corrected chi connectivity index (χ4v) is 2.52. The van der Waals surface area contributed by atoms with Crippen molar-refractivity contribution in [3.63, 3.8) is 0 Å². The van der Waals surface area contributed by atoms with Crippen LogP contribution in [0.1, 0.15) is 28.3 Å². The van der Waals surface area contributed by atoms with E-state index in [4.69, 9.17) is 10.6 Å². The molecule has 0 radical (unpaired) electrons. The first-order valence-electron chi connectivity index (χ1n) is 6.34. The maximum Gasteiger partial charge on any atom is 0.124 e. The van der Waals surface area contributed by atoms with Crippen molar-refractivity contribution in [1.82, 2.24) is 5.43 Å². The molecule has 19 heavy (non-hydrogen) atoms. The molecule has 2 aromatic rings. The molecule has 3 heteroatoms. The summed E-state index contributed by atoms with van der Waals surface area (Å²) < 4.78 is 5.43. The SMILES string of the molecule is COc1ccccc1C(NN)c1c(C)cccc1C. The molecular weight excluding hydrogens is 236 g/mol. The minimum atomic E-state index is -0.0719. The number of hydrogen-bond acceptors (Lipinski definition) is 3. The van der Waals surface area contributed by atoms with Crippen molar-refractivity contribution < 1.29 is 4.74 Å². The van der Waals surface area contributed by atoms with Crippen LogP contribution < -0.4 is 16.0 Å². The summed E-state index contributed by atoms with van der Waals surface area (Å²) in [6, 6.07) is 14.1. The molecule has 0 aliphatic rings. The quantitative estimate of drug-likeness (QED) is 0.653. The first-order chi connectivity index (χ1) is 9.19. The molecule has 2 aromatic carbocycles. The molecule has 0 aliphatic carbocycles. The zero-order valence-electron chi connectivity index (χ0n) is 11.6. The fraction of sp³-hybridized carbons (Fsp3) is 0.250. The summed E-state index contributed by atoms with van der Waals surface area (Å²) >= 11 is 0. The smallest absolute Gasteiger partial charge is 0.124 e. The number of hydrazine groups is 1. The van der Waals surface area contributed by atoms with Crippen molar-refractivity contribution in [2.24, 2.45) is 5.84 Å². The summed E-state index contributed by atoms with van der Waals surface area (Å²) in [5.74, 6) is 6.63. The number of ether oxygens (including phenoxy) is 1. The Bertz CT molecular complexity index is 546. The molecule has 0 heterocycles. The maximum absolute atomic E-state index is 5.79. The van der Waals surface area contributed by atoms with E-state index in [1.807, 2.05) is 24.3 Å². The van der Waals surface area contributed by atoms with Gasteiger partial charge in [0.15, 0.2) is 0 Å². The summed E-state index contributed by atoms with van der Waals surface area (Å²) in [4.78, 5) is 0. The fourth-order valence-electron chi connectivity index (χ4n) is 2.52. The molecule has 0 aliphatic heterocycles. The third-order valence-electron chi connectivity index (χ3n) is 3.45. The van der Waals surface area contributed by atoms with Gasteiger partial charge in [0.05, 0.1) is 13.2 Å². The Hall–Kier alpha value is -1.84. The second kappa shape index (κ2) is 5.87. The third kappa shape index (κ3) is 2.62. The lowest BCUT2D eigenvalue weighted by atomic mass is 9.91. The molecule has 3 N–H and O–H groups in total. The van der Waals surface area contributed by atoms with Crippen LogP contribution in [0.2, 0.25) is 0 Å². The van der Waals surface area contributed by atoms with Gasteiger partial charge < -0.3 is 4.74 Å². The van der Waals surface area contributed by atoms with E-state index in [1.165, 1.54) is 16.7 Å². The third-order valence-corrected chi connectivity index (χ3v) is 3.45. The lowest BCUT2D eigenvalue weighted by molar-refractivity contribution is 0.404. The van der Waals surface area contributed by atoms with Crippen molar-refractivity contribution in [2.45, 2.75) is 19.9 Å². The number of methoxy groups -OCH3 is 1. The molecular formula is C16H20N2O. The predicted octanol–water partition coefficient (Wildman–Crippen LogP) is 2.86. The van der Waals surface area contributed by atoms with Gasteiger partial charge in [-0.2, -0.15) is 0 Å². The Labute approximate surface area is 114 Å². The van der Waals surface area contributed by atoms with Crippen LogP contribution in [-0.2, 0) is 0 Å². The van der Waals surface area contributed by atoms with Crippen molar-refractivity contribution in [2.75, 3.05) is 7.11 Å². The number of nitrogens with one attached hydrogen (secondary N) is 1. The molecule has 0 fully saturated rings. The number of rotatable bonds is 4. The molecule has 0 aromatic heterocycles. The number of aryl methyl sites for hydroxylation is 2. The molecule has 0 saturated heterocycles. The van der Waals surface area contributed by atoms with Crippen LogP contribution >= 0.6 is 0 Å². The minimum Gasteiger partial charge on any atom is -0.496 e. The Morgan fingerprint density at radius 1 is 1.00 bits per heavy atom. The first-order valence-corrected chi connectivity index (χ1v) is 6.34. The van der Waals surface area contributed by atoms with Crippen LogP contribution in [0.3, 0.4) is 0 Å². The van der Waals surface area contributed by atoms with Gasteiger partial charge in [-0.05, 0) is 36.6 Å². The van der Waals surface area contributed by atoms with Crippen LogP contribution in [0.5, 0.6) is 5.75 Å². The highest BCUT2D eigenvalue weighted by Crippen LogP contribution is 2.32. The van der Waals surface area contributed by atoms with Gasteiger partial charge >= 0.3 is 0 Å². The highest BCUT2D eigenvalue weighted by atomic mass is 16.5. The highest BCUT2D eigenvalue weighted by Gasteiger charge is 2.19. The summed E-state index contributed by atoms with van der Waals surface area (Å²) in [7, 11) is 1.68. The Morgan fingerprint density at radius 3 is 2.21 bits per heavy atom. The second-order valence-electron chi connectivity index (χ2n) is 4.65. The van der Waals surface area contributed by atoms with Gasteiger partial charge in [-0.25, -0.2) is 5.43 Å². The number of para-hydroxylation sites is 1. The topological polar surface area (TPSA) is 47.3 Å². The predicted molar refractivity (Wildman–Crippen MR) is 78.1 cm³/mol. The monoisotopic (exact) mass is 256 g/mol. The molecule has 0 saturated carbocycles. The van der Waals surface area contributed by atoms with Crippen LogP contribution in [0, 0.1) is 13.8 Å². The van der Waals surface area contributed by atoms with Crippen LogP contribution in [0.15, 0.2) is 42.5 Å². The van der Waals surface area contributed by atoms with E-state index in [0.717, 1.165) is 11.3 Å². The Balaban J connectivity index is 2.57. The minimum absolute atomic E-state index is 0.0719. The number of nitrogens with two attached hydrogens (primary N) is 1. The van der Waals surface area contributed by atoms with Gasteiger partial charge in [-0.3, -0.25) is 5.84 Å². The number of hydrogen-bond donors (Lipinski definition) is 2. The van der Waals surface area contributed by atoms with E-state index < -0.39 is 0 Å². The van der Waals surface area contributed by atoms with Gasteiger partial charge in [0.2, 0.25) is 0 Å². The average molecular weight is 256 g/mol. The molecule has 1 unspecified atom stereocenters. The number of benzene rings is 2. The zero-order chi connectivity index (χ0) is 13.8. The highest BCUT2D eigenvalue weighted by molar-refractivity contribution is 5.46. The lowest BCUT2D eigenvalue weighted by Crippen LogP contribution is -2.30. The molecule has 2 rings (SSSR count). The van der Waals surface area contributed by atoms with E-state index in [0.29, 0.717) is 0 Å². The van der Waals surface area contributed by atoms with Gasteiger partial charge in [0.25, 0.3) is 0 Å². The Kier molecular flexibility index (Phi) is 4.20. The van der Waals surface area contributed by atoms with Crippen molar-refractivity contribution in [1.29, 1.82) is 0 Å².